The third-order valence-electron chi connectivity index (χ3n) is 3.10. The molecule has 0 aliphatic heterocycles. The molecule has 0 radical (unpaired) electrons. The maximum Gasteiger partial charge on any atom is 0.249 e. The molecule has 0 atom stereocenters. The average molecular weight is 310 g/mol. The molecule has 3 aromatic rings. The van der Waals surface area contributed by atoms with E-state index in [2.05, 4.69) is 20.4 Å². The number of methoxy groups -OCH3 is 1. The number of pyridine rings is 1. The SMILES string of the molecule is COc1ccc(C=O)cc1Nc1nc(N)n(-c2ccccn2)n1. The molecule has 0 unspecified atom stereocenters. The number of hydrogen-bond acceptors (Lipinski definition) is 7. The zero-order valence-corrected chi connectivity index (χ0v) is 12.3. The van der Waals surface area contributed by atoms with Gasteiger partial charge in [-0.05, 0) is 30.3 Å². The summed E-state index contributed by atoms with van der Waals surface area (Å²) in [7, 11) is 1.54. The van der Waals surface area contributed by atoms with Crippen LogP contribution in [0, 0.1) is 0 Å². The average Bonchev–Trinajstić information content (AvgIpc) is 2.96. The van der Waals surface area contributed by atoms with E-state index in [-0.39, 0.29) is 11.9 Å². The third-order valence-corrected chi connectivity index (χ3v) is 3.10. The van der Waals surface area contributed by atoms with E-state index in [1.807, 2.05) is 6.07 Å². The second-order valence-corrected chi connectivity index (χ2v) is 4.60. The number of nitrogens with two attached hydrogens (primary N) is 1. The van der Waals surface area contributed by atoms with Crippen LogP contribution < -0.4 is 15.8 Å². The predicted molar refractivity (Wildman–Crippen MR) is 85.2 cm³/mol. The first-order valence-electron chi connectivity index (χ1n) is 6.75. The van der Waals surface area contributed by atoms with E-state index >= 15 is 0 Å². The number of aromatic nitrogens is 4. The summed E-state index contributed by atoms with van der Waals surface area (Å²) in [6.45, 7) is 0. The number of nitrogens with zero attached hydrogens (tertiary/aromatic N) is 4. The minimum Gasteiger partial charge on any atom is -0.495 e. The summed E-state index contributed by atoms with van der Waals surface area (Å²) in [6.07, 6.45) is 2.39. The lowest BCUT2D eigenvalue weighted by atomic mass is 10.2. The highest BCUT2D eigenvalue weighted by Gasteiger charge is 2.12. The van der Waals surface area contributed by atoms with Gasteiger partial charge in [-0.2, -0.15) is 9.67 Å². The lowest BCUT2D eigenvalue weighted by molar-refractivity contribution is 0.112. The van der Waals surface area contributed by atoms with Gasteiger partial charge in [0.15, 0.2) is 5.82 Å². The summed E-state index contributed by atoms with van der Waals surface area (Å²) in [5.74, 6) is 1.58. The first-order chi connectivity index (χ1) is 11.2. The number of hydrogen-bond donors (Lipinski definition) is 2. The Morgan fingerprint density at radius 2 is 2.17 bits per heavy atom. The Bertz CT molecular complexity index is 831. The summed E-state index contributed by atoms with van der Waals surface area (Å²) >= 11 is 0. The standard InChI is InChI=1S/C15H14N6O2/c1-23-12-6-5-10(9-22)8-11(12)18-15-19-14(16)21(20-15)13-4-2-3-7-17-13/h2-9H,1H3,(H3,16,18,19,20). The zero-order chi connectivity index (χ0) is 16.2. The van der Waals surface area contributed by atoms with Gasteiger partial charge in [-0.25, -0.2) is 4.98 Å². The maximum atomic E-state index is 10.9. The molecule has 0 bridgehead atoms. The topological polar surface area (TPSA) is 108 Å². The molecule has 0 amide bonds. The van der Waals surface area contributed by atoms with Gasteiger partial charge in [0.05, 0.1) is 12.8 Å². The minimum atomic E-state index is 0.191. The molecule has 3 rings (SSSR count). The summed E-state index contributed by atoms with van der Waals surface area (Å²) < 4.78 is 6.67. The van der Waals surface area contributed by atoms with E-state index in [0.717, 1.165) is 6.29 Å². The van der Waals surface area contributed by atoms with Crippen LogP contribution in [0.15, 0.2) is 42.6 Å². The van der Waals surface area contributed by atoms with E-state index in [1.165, 1.54) is 11.8 Å². The van der Waals surface area contributed by atoms with Gasteiger partial charge < -0.3 is 15.8 Å². The van der Waals surface area contributed by atoms with Crippen molar-refractivity contribution in [2.24, 2.45) is 0 Å². The fraction of sp³-hybridized carbons (Fsp3) is 0.0667. The molecule has 116 valence electrons. The van der Waals surface area contributed by atoms with E-state index in [1.54, 1.807) is 36.5 Å². The number of carbonyl (C=O) groups is 1. The fourth-order valence-corrected chi connectivity index (χ4v) is 2.04. The van der Waals surface area contributed by atoms with Crippen molar-refractivity contribution in [3.63, 3.8) is 0 Å². The molecule has 1 aromatic carbocycles. The van der Waals surface area contributed by atoms with Crippen LogP contribution in [-0.2, 0) is 0 Å². The van der Waals surface area contributed by atoms with E-state index in [4.69, 9.17) is 10.5 Å². The fourth-order valence-electron chi connectivity index (χ4n) is 2.04. The van der Waals surface area contributed by atoms with Crippen molar-refractivity contribution >= 4 is 23.9 Å². The molecule has 0 saturated heterocycles. The van der Waals surface area contributed by atoms with Gasteiger partial charge in [0, 0.05) is 11.8 Å². The predicted octanol–water partition coefficient (Wildman–Crippen LogP) is 1.81. The molecule has 0 saturated carbocycles. The van der Waals surface area contributed by atoms with E-state index < -0.39 is 0 Å². The van der Waals surface area contributed by atoms with Crippen LogP contribution >= 0.6 is 0 Å². The normalized spacial score (nSPS) is 10.3. The van der Waals surface area contributed by atoms with Crippen LogP contribution in [0.5, 0.6) is 5.75 Å². The van der Waals surface area contributed by atoms with Crippen molar-refractivity contribution in [2.45, 2.75) is 0 Å². The summed E-state index contributed by atoms with van der Waals surface area (Å²) in [4.78, 5) is 19.2. The maximum absolute atomic E-state index is 10.9. The van der Waals surface area contributed by atoms with Gasteiger partial charge in [-0.1, -0.05) is 6.07 Å². The quantitative estimate of drug-likeness (QED) is 0.692. The Morgan fingerprint density at radius 3 is 2.87 bits per heavy atom. The van der Waals surface area contributed by atoms with Crippen molar-refractivity contribution < 1.29 is 9.53 Å². The van der Waals surface area contributed by atoms with Crippen LogP contribution in [0.1, 0.15) is 10.4 Å². The number of carbonyl (C=O) groups excluding carboxylic acids is 1. The Kier molecular flexibility index (Phi) is 3.88. The monoisotopic (exact) mass is 310 g/mol. The lowest BCUT2D eigenvalue weighted by Gasteiger charge is -2.08. The third kappa shape index (κ3) is 2.95. The first kappa shape index (κ1) is 14.5. The molecule has 0 aliphatic carbocycles. The first-order valence-corrected chi connectivity index (χ1v) is 6.75. The number of aldehydes is 1. The van der Waals surface area contributed by atoms with Crippen molar-refractivity contribution in [1.82, 2.24) is 19.7 Å². The van der Waals surface area contributed by atoms with Gasteiger partial charge in [-0.3, -0.25) is 4.79 Å². The molecule has 3 N–H and O–H groups in total. The summed E-state index contributed by atoms with van der Waals surface area (Å²) in [6, 6.07) is 10.4. The number of ether oxygens (including phenoxy) is 1. The van der Waals surface area contributed by atoms with Crippen molar-refractivity contribution in [3.05, 3.63) is 48.2 Å². The Labute approximate surface area is 131 Å². The van der Waals surface area contributed by atoms with Gasteiger partial charge in [0.2, 0.25) is 11.9 Å². The number of anilines is 3. The minimum absolute atomic E-state index is 0.191. The molecule has 8 nitrogen and oxygen atoms in total. The van der Waals surface area contributed by atoms with Crippen LogP contribution in [0.4, 0.5) is 17.6 Å². The van der Waals surface area contributed by atoms with Gasteiger partial charge in [0.1, 0.15) is 12.0 Å². The summed E-state index contributed by atoms with van der Waals surface area (Å²) in [5.41, 5.74) is 6.95. The Balaban J connectivity index is 1.94. The number of nitrogens with one attached hydrogen (secondary N) is 1. The van der Waals surface area contributed by atoms with Gasteiger partial charge in [-0.15, -0.1) is 5.10 Å². The number of nitrogen functional groups attached to an aromatic ring is 1. The second-order valence-electron chi connectivity index (χ2n) is 4.60. The van der Waals surface area contributed by atoms with E-state index in [9.17, 15) is 4.79 Å². The molecule has 0 spiro atoms. The van der Waals surface area contributed by atoms with Crippen LogP contribution in [0.25, 0.3) is 5.82 Å². The smallest absolute Gasteiger partial charge is 0.249 e. The zero-order valence-electron chi connectivity index (χ0n) is 12.3. The van der Waals surface area contributed by atoms with Crippen LogP contribution in [-0.4, -0.2) is 33.1 Å². The number of benzene rings is 1. The van der Waals surface area contributed by atoms with Gasteiger partial charge in [0.25, 0.3) is 0 Å². The lowest BCUT2D eigenvalue weighted by Crippen LogP contribution is -2.04. The largest absolute Gasteiger partial charge is 0.495 e. The number of rotatable bonds is 5. The second kappa shape index (κ2) is 6.14. The highest BCUT2D eigenvalue weighted by Crippen LogP contribution is 2.27. The highest BCUT2D eigenvalue weighted by molar-refractivity contribution is 5.79. The molecule has 23 heavy (non-hydrogen) atoms. The Morgan fingerprint density at radius 1 is 1.30 bits per heavy atom. The molecular formula is C15H14N6O2. The van der Waals surface area contributed by atoms with E-state index in [0.29, 0.717) is 22.8 Å². The van der Waals surface area contributed by atoms with Crippen LogP contribution in [0.2, 0.25) is 0 Å². The molecule has 2 aromatic heterocycles. The Hall–Kier alpha value is -3.42. The van der Waals surface area contributed by atoms with Crippen molar-refractivity contribution in [3.8, 4) is 11.6 Å². The van der Waals surface area contributed by atoms with Crippen molar-refractivity contribution in [2.75, 3.05) is 18.2 Å². The molecule has 0 fully saturated rings. The molecule has 8 heteroatoms. The summed E-state index contributed by atoms with van der Waals surface area (Å²) in [5, 5.41) is 7.26. The molecule has 0 aliphatic rings. The van der Waals surface area contributed by atoms with Crippen LogP contribution in [0.3, 0.4) is 0 Å². The van der Waals surface area contributed by atoms with Gasteiger partial charge >= 0.3 is 0 Å². The molecular weight excluding hydrogens is 296 g/mol. The molecule has 2 heterocycles. The van der Waals surface area contributed by atoms with Crippen molar-refractivity contribution in [1.29, 1.82) is 0 Å². The highest BCUT2D eigenvalue weighted by atomic mass is 16.5.